The molecule has 4 heteroatoms. The van der Waals surface area contributed by atoms with Crippen LogP contribution in [0.25, 0.3) is 11.1 Å². The van der Waals surface area contributed by atoms with Crippen LogP contribution in [-0.4, -0.2) is 24.2 Å². The van der Waals surface area contributed by atoms with Crippen molar-refractivity contribution in [3.63, 3.8) is 0 Å². The maximum Gasteiger partial charge on any atom is 0.320 e. The Morgan fingerprint density at radius 2 is 1.83 bits per heavy atom. The van der Waals surface area contributed by atoms with Gasteiger partial charge in [0, 0.05) is 12.1 Å². The third kappa shape index (κ3) is 4.83. The molecular formula is C20H25NO3. The molecule has 0 aromatic heterocycles. The highest BCUT2D eigenvalue weighted by Gasteiger charge is 2.18. The molecule has 2 aromatic carbocycles. The lowest BCUT2D eigenvalue weighted by Crippen LogP contribution is -2.37. The second-order valence-corrected chi connectivity index (χ2v) is 6.29. The number of methoxy groups -OCH3 is 1. The molecule has 0 saturated carbocycles. The Balaban J connectivity index is 2.14. The van der Waals surface area contributed by atoms with Gasteiger partial charge in [-0.3, -0.25) is 4.79 Å². The first-order chi connectivity index (χ1) is 11.5. The first-order valence-electron chi connectivity index (χ1n) is 8.19. The van der Waals surface area contributed by atoms with E-state index in [0.29, 0.717) is 18.9 Å². The molecule has 0 aliphatic carbocycles. The Bertz CT molecular complexity index is 668. The number of carboxylic acid groups (broad SMARTS) is 1. The first kappa shape index (κ1) is 18.0. The summed E-state index contributed by atoms with van der Waals surface area (Å²) >= 11 is 0. The molecule has 0 heterocycles. The van der Waals surface area contributed by atoms with Gasteiger partial charge in [0.05, 0.1) is 7.11 Å². The molecule has 0 spiro atoms. The summed E-state index contributed by atoms with van der Waals surface area (Å²) in [5.74, 6) is 0.266. The molecule has 0 unspecified atom stereocenters. The summed E-state index contributed by atoms with van der Waals surface area (Å²) in [4.78, 5) is 11.4. The van der Waals surface area contributed by atoms with Crippen molar-refractivity contribution in [1.29, 1.82) is 0 Å². The van der Waals surface area contributed by atoms with Crippen molar-refractivity contribution < 1.29 is 14.6 Å². The molecular weight excluding hydrogens is 302 g/mol. The van der Waals surface area contributed by atoms with Crippen molar-refractivity contribution in [1.82, 2.24) is 5.32 Å². The molecule has 0 aliphatic rings. The molecule has 0 fully saturated rings. The van der Waals surface area contributed by atoms with E-state index in [1.165, 1.54) is 0 Å². The molecule has 2 N–H and O–H groups in total. The molecule has 0 bridgehead atoms. The van der Waals surface area contributed by atoms with Gasteiger partial charge in [0.2, 0.25) is 0 Å². The summed E-state index contributed by atoms with van der Waals surface area (Å²) < 4.78 is 5.49. The average molecular weight is 327 g/mol. The number of carboxylic acids is 1. The van der Waals surface area contributed by atoms with Gasteiger partial charge in [0.1, 0.15) is 11.8 Å². The van der Waals surface area contributed by atoms with Crippen molar-refractivity contribution in [2.24, 2.45) is 5.92 Å². The van der Waals surface area contributed by atoms with Crippen molar-refractivity contribution in [3.05, 3.63) is 54.1 Å². The highest BCUT2D eigenvalue weighted by molar-refractivity contribution is 5.73. The third-order valence-corrected chi connectivity index (χ3v) is 3.94. The molecule has 24 heavy (non-hydrogen) atoms. The Morgan fingerprint density at radius 3 is 2.42 bits per heavy atom. The van der Waals surface area contributed by atoms with E-state index in [1.54, 1.807) is 7.11 Å². The van der Waals surface area contributed by atoms with Crippen LogP contribution in [0.15, 0.2) is 48.5 Å². The molecule has 128 valence electrons. The standard InChI is InChI=1S/C20H25NO3/c1-14(2)11-18(20(22)23)21-13-17-10-9-16(12-19(17)24-3)15-7-5-4-6-8-15/h4-10,12,14,18,21H,11,13H2,1-3H3,(H,22,23)/t18-/m0/s1. The Labute approximate surface area is 143 Å². The minimum atomic E-state index is -0.816. The monoisotopic (exact) mass is 327 g/mol. The molecule has 0 amide bonds. The quantitative estimate of drug-likeness (QED) is 0.771. The molecule has 0 saturated heterocycles. The second-order valence-electron chi connectivity index (χ2n) is 6.29. The molecule has 0 aliphatic heterocycles. The van der Waals surface area contributed by atoms with Crippen LogP contribution >= 0.6 is 0 Å². The zero-order valence-electron chi connectivity index (χ0n) is 14.5. The number of hydrogen-bond donors (Lipinski definition) is 2. The molecule has 4 nitrogen and oxygen atoms in total. The smallest absolute Gasteiger partial charge is 0.320 e. The number of aliphatic carboxylic acids is 1. The van der Waals surface area contributed by atoms with Gasteiger partial charge in [0.25, 0.3) is 0 Å². The van der Waals surface area contributed by atoms with Crippen LogP contribution in [-0.2, 0) is 11.3 Å². The van der Waals surface area contributed by atoms with Crippen LogP contribution < -0.4 is 10.1 Å². The van der Waals surface area contributed by atoms with Crippen LogP contribution in [0.5, 0.6) is 5.75 Å². The predicted molar refractivity (Wildman–Crippen MR) is 96.1 cm³/mol. The van der Waals surface area contributed by atoms with Crippen LogP contribution in [0.2, 0.25) is 0 Å². The van der Waals surface area contributed by atoms with E-state index >= 15 is 0 Å². The highest BCUT2D eigenvalue weighted by atomic mass is 16.5. The van der Waals surface area contributed by atoms with Gasteiger partial charge in [0.15, 0.2) is 0 Å². The van der Waals surface area contributed by atoms with Gasteiger partial charge >= 0.3 is 5.97 Å². The van der Waals surface area contributed by atoms with E-state index < -0.39 is 12.0 Å². The Morgan fingerprint density at radius 1 is 1.12 bits per heavy atom. The number of benzene rings is 2. The van der Waals surface area contributed by atoms with Crippen molar-refractivity contribution in [2.45, 2.75) is 32.9 Å². The number of rotatable bonds is 8. The van der Waals surface area contributed by atoms with Gasteiger partial charge in [-0.15, -0.1) is 0 Å². The van der Waals surface area contributed by atoms with Gasteiger partial charge in [-0.25, -0.2) is 0 Å². The first-order valence-corrected chi connectivity index (χ1v) is 8.19. The summed E-state index contributed by atoms with van der Waals surface area (Å²) in [5, 5.41) is 12.4. The zero-order valence-corrected chi connectivity index (χ0v) is 14.5. The van der Waals surface area contributed by atoms with Crippen molar-refractivity contribution in [3.8, 4) is 16.9 Å². The van der Waals surface area contributed by atoms with E-state index in [4.69, 9.17) is 4.74 Å². The van der Waals surface area contributed by atoms with Crippen molar-refractivity contribution >= 4 is 5.97 Å². The Hall–Kier alpha value is -2.33. The summed E-state index contributed by atoms with van der Waals surface area (Å²) in [6.45, 7) is 4.50. The van der Waals surface area contributed by atoms with Crippen LogP contribution in [0.4, 0.5) is 0 Å². The normalized spacial score (nSPS) is 12.2. The summed E-state index contributed by atoms with van der Waals surface area (Å²) in [5.41, 5.74) is 3.15. The predicted octanol–water partition coefficient (Wildman–Crippen LogP) is 3.95. The van der Waals surface area contributed by atoms with E-state index in [9.17, 15) is 9.90 Å². The van der Waals surface area contributed by atoms with Gasteiger partial charge < -0.3 is 15.2 Å². The minimum absolute atomic E-state index is 0.320. The summed E-state index contributed by atoms with van der Waals surface area (Å²) in [6.07, 6.45) is 0.597. The maximum atomic E-state index is 11.4. The fraction of sp³-hybridized carbons (Fsp3) is 0.350. The van der Waals surface area contributed by atoms with Crippen LogP contribution in [0, 0.1) is 5.92 Å². The summed E-state index contributed by atoms with van der Waals surface area (Å²) in [6, 6.07) is 15.6. The van der Waals surface area contributed by atoms with Crippen molar-refractivity contribution in [2.75, 3.05) is 7.11 Å². The lowest BCUT2D eigenvalue weighted by atomic mass is 10.0. The minimum Gasteiger partial charge on any atom is -0.496 e. The van der Waals surface area contributed by atoms with Gasteiger partial charge in [-0.1, -0.05) is 56.3 Å². The number of nitrogens with one attached hydrogen (secondary N) is 1. The fourth-order valence-corrected chi connectivity index (χ4v) is 2.68. The second kappa shape index (κ2) is 8.50. The van der Waals surface area contributed by atoms with E-state index in [-0.39, 0.29) is 0 Å². The zero-order chi connectivity index (χ0) is 17.5. The number of ether oxygens (including phenoxy) is 1. The Kier molecular flexibility index (Phi) is 6.38. The van der Waals surface area contributed by atoms with Crippen LogP contribution in [0.3, 0.4) is 0 Å². The molecule has 1 atom stereocenters. The topological polar surface area (TPSA) is 58.6 Å². The average Bonchev–Trinajstić information content (AvgIpc) is 2.58. The molecule has 2 aromatic rings. The SMILES string of the molecule is COc1cc(-c2ccccc2)ccc1CN[C@@H](CC(C)C)C(=O)O. The molecule has 2 rings (SSSR count). The van der Waals surface area contributed by atoms with Gasteiger partial charge in [-0.05, 0) is 29.5 Å². The fourth-order valence-electron chi connectivity index (χ4n) is 2.68. The maximum absolute atomic E-state index is 11.4. The summed E-state index contributed by atoms with van der Waals surface area (Å²) in [7, 11) is 1.64. The van der Waals surface area contributed by atoms with E-state index in [0.717, 1.165) is 22.4 Å². The molecule has 0 radical (unpaired) electrons. The highest BCUT2D eigenvalue weighted by Crippen LogP contribution is 2.27. The number of carbonyl (C=O) groups is 1. The van der Waals surface area contributed by atoms with Gasteiger partial charge in [-0.2, -0.15) is 0 Å². The lowest BCUT2D eigenvalue weighted by Gasteiger charge is -2.18. The van der Waals surface area contributed by atoms with Crippen LogP contribution in [0.1, 0.15) is 25.8 Å². The van der Waals surface area contributed by atoms with E-state index in [2.05, 4.69) is 17.4 Å². The third-order valence-electron chi connectivity index (χ3n) is 3.94. The van der Waals surface area contributed by atoms with E-state index in [1.807, 2.05) is 50.2 Å². The number of hydrogen-bond acceptors (Lipinski definition) is 3. The largest absolute Gasteiger partial charge is 0.496 e. The lowest BCUT2D eigenvalue weighted by molar-refractivity contribution is -0.140.